The summed E-state index contributed by atoms with van der Waals surface area (Å²) in [7, 11) is -2.44. The number of aliphatic hydroxyl groups excluding tert-OH is 1. The van der Waals surface area contributed by atoms with Gasteiger partial charge in [-0.3, -0.25) is 0 Å². The Morgan fingerprint density at radius 1 is 1.10 bits per heavy atom. The van der Waals surface area contributed by atoms with Gasteiger partial charge in [-0.2, -0.15) is 4.31 Å². The maximum absolute atomic E-state index is 13.6. The average Bonchev–Trinajstić information content (AvgIpc) is 3.46. The molecule has 0 aromatic heterocycles. The Morgan fingerprint density at radius 2 is 1.78 bits per heavy atom. The van der Waals surface area contributed by atoms with Gasteiger partial charge < -0.3 is 29.4 Å². The molecule has 0 spiro atoms. The predicted molar refractivity (Wildman–Crippen MR) is 156 cm³/mol. The van der Waals surface area contributed by atoms with E-state index in [0.29, 0.717) is 32.0 Å². The second-order valence-electron chi connectivity index (χ2n) is 10.7. The number of nitrogens with one attached hydrogen (secondary N) is 1. The molecule has 1 fully saturated rings. The molecule has 0 radical (unpaired) electrons. The van der Waals surface area contributed by atoms with Gasteiger partial charge in [0.15, 0.2) is 0 Å². The van der Waals surface area contributed by atoms with Crippen molar-refractivity contribution in [1.29, 1.82) is 0 Å². The number of benzene rings is 2. The number of aliphatic hydroxyl groups is 1. The van der Waals surface area contributed by atoms with E-state index >= 15 is 0 Å². The minimum Gasteiger partial charge on any atom is -0.497 e. The fraction of sp³-hybridized carbons (Fsp3) is 0.567. The van der Waals surface area contributed by atoms with E-state index in [9.17, 15) is 18.3 Å². The normalized spacial score (nSPS) is 16.9. The van der Waals surface area contributed by atoms with E-state index in [1.165, 1.54) is 23.5 Å². The Balaban J connectivity index is 1.79. The van der Waals surface area contributed by atoms with Crippen molar-refractivity contribution in [3.05, 3.63) is 54.1 Å². The number of alkyl carbamates (subject to hydrolysis) is 1. The first-order valence-electron chi connectivity index (χ1n) is 14.2. The summed E-state index contributed by atoms with van der Waals surface area (Å²) in [5.41, 5.74) is 0.842. The minimum atomic E-state index is -3.95. The van der Waals surface area contributed by atoms with Crippen molar-refractivity contribution in [1.82, 2.24) is 9.62 Å². The third-order valence-electron chi connectivity index (χ3n) is 6.73. The number of ether oxygens (including phenoxy) is 4. The maximum Gasteiger partial charge on any atom is 0.407 e. The molecule has 1 aliphatic heterocycles. The fourth-order valence-electron chi connectivity index (χ4n) is 4.45. The summed E-state index contributed by atoms with van der Waals surface area (Å²) >= 11 is 0. The SMILES string of the molecule is CCCCOc1ccc(C[C@H](NC(=O)O[C@@H]2CCOC2)[C@H](O)CN(CC(C)C)S(=O)(=O)c2ccc(OC)cc2)cc1. The number of unbranched alkanes of at least 4 members (excludes halogenated alkanes) is 1. The van der Waals surface area contributed by atoms with Crippen LogP contribution in [-0.2, 0) is 25.9 Å². The van der Waals surface area contributed by atoms with Crippen LogP contribution in [0.3, 0.4) is 0 Å². The third kappa shape index (κ3) is 10.2. The third-order valence-corrected chi connectivity index (χ3v) is 8.58. The molecular formula is C30H44N2O8S. The van der Waals surface area contributed by atoms with Crippen LogP contribution in [-0.4, -0.2) is 82.2 Å². The lowest BCUT2D eigenvalue weighted by molar-refractivity contribution is 0.0644. The number of carbonyl (C=O) groups excluding carboxylic acids is 1. The molecule has 2 N–H and O–H groups in total. The summed E-state index contributed by atoms with van der Waals surface area (Å²) in [5.74, 6) is 1.27. The first-order valence-corrected chi connectivity index (χ1v) is 15.6. The molecule has 3 rings (SSSR count). The number of hydrogen-bond acceptors (Lipinski definition) is 8. The summed E-state index contributed by atoms with van der Waals surface area (Å²) in [6, 6.07) is 12.8. The van der Waals surface area contributed by atoms with Crippen LogP contribution in [0.15, 0.2) is 53.4 Å². The van der Waals surface area contributed by atoms with Gasteiger partial charge in [-0.15, -0.1) is 0 Å². The molecule has 228 valence electrons. The van der Waals surface area contributed by atoms with E-state index in [2.05, 4.69) is 12.2 Å². The van der Waals surface area contributed by atoms with Crippen molar-refractivity contribution in [2.24, 2.45) is 5.92 Å². The van der Waals surface area contributed by atoms with Crippen molar-refractivity contribution in [2.75, 3.05) is 40.0 Å². The van der Waals surface area contributed by atoms with Gasteiger partial charge in [-0.25, -0.2) is 13.2 Å². The highest BCUT2D eigenvalue weighted by molar-refractivity contribution is 7.89. The van der Waals surface area contributed by atoms with Gasteiger partial charge in [0, 0.05) is 19.5 Å². The topological polar surface area (TPSA) is 124 Å². The highest BCUT2D eigenvalue weighted by Gasteiger charge is 2.32. The smallest absolute Gasteiger partial charge is 0.407 e. The van der Waals surface area contributed by atoms with Crippen LogP contribution in [0.25, 0.3) is 0 Å². The molecule has 2 aromatic rings. The second-order valence-corrected chi connectivity index (χ2v) is 12.6. The Hall–Kier alpha value is -2.86. The number of rotatable bonds is 16. The summed E-state index contributed by atoms with van der Waals surface area (Å²) in [5, 5.41) is 14.2. The number of carbonyl (C=O) groups is 1. The monoisotopic (exact) mass is 592 g/mol. The molecule has 0 bridgehead atoms. The first-order chi connectivity index (χ1) is 19.6. The van der Waals surface area contributed by atoms with Crippen LogP contribution >= 0.6 is 0 Å². The molecule has 10 nitrogen and oxygen atoms in total. The van der Waals surface area contributed by atoms with Gasteiger partial charge in [0.05, 0.1) is 44.0 Å². The Kier molecular flexibility index (Phi) is 12.7. The molecule has 2 aromatic carbocycles. The molecule has 1 saturated heterocycles. The number of methoxy groups -OCH3 is 1. The largest absolute Gasteiger partial charge is 0.497 e. The molecule has 1 heterocycles. The van der Waals surface area contributed by atoms with Gasteiger partial charge in [0.2, 0.25) is 10.0 Å². The number of nitrogens with zero attached hydrogens (tertiary/aromatic N) is 1. The zero-order chi connectivity index (χ0) is 29.8. The Morgan fingerprint density at radius 3 is 2.37 bits per heavy atom. The van der Waals surface area contributed by atoms with Crippen LogP contribution in [0.5, 0.6) is 11.5 Å². The lowest BCUT2D eigenvalue weighted by atomic mass is 10.0. The average molecular weight is 593 g/mol. The van der Waals surface area contributed by atoms with Crippen LogP contribution in [0.2, 0.25) is 0 Å². The molecular weight excluding hydrogens is 548 g/mol. The van der Waals surface area contributed by atoms with Crippen LogP contribution in [0.1, 0.15) is 45.6 Å². The van der Waals surface area contributed by atoms with Crippen molar-refractivity contribution in [3.8, 4) is 11.5 Å². The zero-order valence-electron chi connectivity index (χ0n) is 24.5. The van der Waals surface area contributed by atoms with E-state index in [4.69, 9.17) is 18.9 Å². The lowest BCUT2D eigenvalue weighted by Gasteiger charge is -2.30. The van der Waals surface area contributed by atoms with Gasteiger partial charge in [-0.1, -0.05) is 39.3 Å². The second kappa shape index (κ2) is 16.0. The van der Waals surface area contributed by atoms with Crippen molar-refractivity contribution in [3.63, 3.8) is 0 Å². The first kappa shape index (κ1) is 32.7. The summed E-state index contributed by atoms with van der Waals surface area (Å²) in [4.78, 5) is 12.9. The number of hydrogen-bond donors (Lipinski definition) is 2. The predicted octanol–water partition coefficient (Wildman–Crippen LogP) is 4.01. The summed E-state index contributed by atoms with van der Waals surface area (Å²) in [6.07, 6.45) is 0.578. The number of sulfonamides is 1. The quantitative estimate of drug-likeness (QED) is 0.280. The van der Waals surface area contributed by atoms with Gasteiger partial charge in [0.25, 0.3) is 0 Å². The highest BCUT2D eigenvalue weighted by atomic mass is 32.2. The zero-order valence-corrected chi connectivity index (χ0v) is 25.3. The van der Waals surface area contributed by atoms with Crippen LogP contribution < -0.4 is 14.8 Å². The highest BCUT2D eigenvalue weighted by Crippen LogP contribution is 2.22. The lowest BCUT2D eigenvalue weighted by Crippen LogP contribution is -2.51. The molecule has 41 heavy (non-hydrogen) atoms. The fourth-order valence-corrected chi connectivity index (χ4v) is 6.07. The van der Waals surface area contributed by atoms with Gasteiger partial charge >= 0.3 is 6.09 Å². The van der Waals surface area contributed by atoms with Crippen LogP contribution in [0, 0.1) is 5.92 Å². The van der Waals surface area contributed by atoms with E-state index in [0.717, 1.165) is 24.2 Å². The van der Waals surface area contributed by atoms with E-state index < -0.39 is 28.3 Å². The van der Waals surface area contributed by atoms with Crippen molar-refractivity contribution < 1.29 is 37.3 Å². The maximum atomic E-state index is 13.6. The Labute approximate surface area is 244 Å². The van der Waals surface area contributed by atoms with E-state index in [-0.39, 0.29) is 36.4 Å². The molecule has 0 aliphatic carbocycles. The van der Waals surface area contributed by atoms with E-state index in [1.54, 1.807) is 12.1 Å². The Bertz CT molecular complexity index is 1170. The molecule has 0 unspecified atom stereocenters. The standard InChI is InChI=1S/C30H44N2O8S/c1-5-6-16-39-25-9-7-23(8-10-25)18-28(31-30(34)40-26-15-17-38-21-26)29(33)20-32(19-22(2)3)41(35,36)27-13-11-24(37-4)12-14-27/h7-14,22,26,28-29,33H,5-6,15-21H2,1-4H3,(H,31,34)/t26-,28+,29-/m1/s1. The summed E-state index contributed by atoms with van der Waals surface area (Å²) < 4.78 is 50.2. The molecule has 11 heteroatoms. The van der Waals surface area contributed by atoms with Crippen molar-refractivity contribution >= 4 is 16.1 Å². The molecule has 1 amide bonds. The molecule has 1 aliphatic rings. The van der Waals surface area contributed by atoms with Crippen LogP contribution in [0.4, 0.5) is 4.79 Å². The van der Waals surface area contributed by atoms with Gasteiger partial charge in [0.1, 0.15) is 17.6 Å². The van der Waals surface area contributed by atoms with Crippen molar-refractivity contribution in [2.45, 2.75) is 69.6 Å². The minimum absolute atomic E-state index is 0.00535. The number of amides is 1. The summed E-state index contributed by atoms with van der Waals surface area (Å²) in [6.45, 7) is 7.35. The van der Waals surface area contributed by atoms with E-state index in [1.807, 2.05) is 38.1 Å². The molecule has 0 saturated carbocycles. The molecule has 3 atom stereocenters. The van der Waals surface area contributed by atoms with Gasteiger partial charge in [-0.05, 0) is 60.7 Å².